The van der Waals surface area contributed by atoms with Gasteiger partial charge in [0, 0.05) is 12.1 Å². The zero-order valence-electron chi connectivity index (χ0n) is 10.6. The van der Waals surface area contributed by atoms with Crippen molar-refractivity contribution in [3.8, 4) is 0 Å². The van der Waals surface area contributed by atoms with E-state index >= 15 is 0 Å². The molecular formula is C10H8N5O6+. The van der Waals surface area contributed by atoms with Crippen LogP contribution in [0.1, 0.15) is 10.4 Å². The van der Waals surface area contributed by atoms with Crippen LogP contribution in [0.5, 0.6) is 0 Å². The fourth-order valence-electron chi connectivity index (χ4n) is 1.78. The number of carbonyl (C=O) groups excluding carboxylic acids is 1. The Labute approximate surface area is 116 Å². The Morgan fingerprint density at radius 3 is 2.24 bits per heavy atom. The Kier molecular flexibility index (Phi) is 3.65. The van der Waals surface area contributed by atoms with Gasteiger partial charge in [-0.2, -0.15) is 4.58 Å². The molecule has 1 aliphatic heterocycles. The molecule has 0 fully saturated rings. The molecule has 108 valence electrons. The van der Waals surface area contributed by atoms with Crippen LogP contribution in [0.2, 0.25) is 0 Å². The lowest BCUT2D eigenvalue weighted by molar-refractivity contribution is -0.463. The molecule has 1 aromatic rings. The lowest BCUT2D eigenvalue weighted by atomic mass is 10.1. The first-order valence-corrected chi connectivity index (χ1v) is 5.47. The van der Waals surface area contributed by atoms with Gasteiger partial charge in [0.05, 0.1) is 27.6 Å². The van der Waals surface area contributed by atoms with Gasteiger partial charge in [0.1, 0.15) is 0 Å². The van der Waals surface area contributed by atoms with Gasteiger partial charge in [-0.05, 0) is 5.11 Å². The molecule has 0 amide bonds. The molecule has 11 nitrogen and oxygen atoms in total. The maximum absolute atomic E-state index is 11.5. The van der Waals surface area contributed by atoms with E-state index in [0.717, 1.165) is 30.2 Å². The molecule has 0 saturated heterocycles. The summed E-state index contributed by atoms with van der Waals surface area (Å²) in [7, 11) is 1.07. The van der Waals surface area contributed by atoms with Gasteiger partial charge in [-0.25, -0.2) is 4.79 Å². The van der Waals surface area contributed by atoms with E-state index in [1.54, 1.807) is 0 Å². The number of esters is 1. The zero-order valence-corrected chi connectivity index (χ0v) is 10.6. The highest BCUT2D eigenvalue weighted by molar-refractivity contribution is 5.92. The van der Waals surface area contributed by atoms with Gasteiger partial charge in [0.15, 0.2) is 0 Å². The number of nitrogens with zero attached hydrogens (tertiary/aromatic N) is 5. The summed E-state index contributed by atoms with van der Waals surface area (Å²) >= 11 is 0. The van der Waals surface area contributed by atoms with Crippen LogP contribution in [0.15, 0.2) is 22.4 Å². The summed E-state index contributed by atoms with van der Waals surface area (Å²) in [4.78, 5) is 32.1. The van der Waals surface area contributed by atoms with Gasteiger partial charge in [0.2, 0.25) is 6.67 Å². The second-order valence-electron chi connectivity index (χ2n) is 3.85. The summed E-state index contributed by atoms with van der Waals surface area (Å²) in [6.07, 6.45) is 1.13. The molecule has 0 bridgehead atoms. The topological polar surface area (TPSA) is 140 Å². The van der Waals surface area contributed by atoms with E-state index in [9.17, 15) is 25.0 Å². The third kappa shape index (κ3) is 2.56. The van der Waals surface area contributed by atoms with E-state index < -0.39 is 27.2 Å². The summed E-state index contributed by atoms with van der Waals surface area (Å²) in [6, 6.07) is 1.83. The number of carbonyl (C=O) groups is 1. The van der Waals surface area contributed by atoms with E-state index in [1.165, 1.54) is 0 Å². The summed E-state index contributed by atoms with van der Waals surface area (Å²) < 4.78 is 5.58. The summed E-state index contributed by atoms with van der Waals surface area (Å²) in [5, 5.41) is 29.4. The predicted octanol–water partition coefficient (Wildman–Crippen LogP) is 1.39. The Morgan fingerprint density at radius 2 is 1.86 bits per heavy atom. The Bertz CT molecular complexity index is 675. The maximum atomic E-state index is 11.5. The highest BCUT2D eigenvalue weighted by atomic mass is 16.6. The molecule has 2 rings (SSSR count). The second kappa shape index (κ2) is 5.40. The smallest absolute Gasteiger partial charge is 0.338 e. The molecule has 0 aliphatic carbocycles. The van der Waals surface area contributed by atoms with Crippen LogP contribution >= 0.6 is 0 Å². The minimum Gasteiger partial charge on any atom is -0.465 e. The number of benzene rings is 1. The third-order valence-electron chi connectivity index (χ3n) is 2.66. The number of hydrogen-bond acceptors (Lipinski definition) is 8. The van der Waals surface area contributed by atoms with Crippen molar-refractivity contribution in [3.05, 3.63) is 37.9 Å². The zero-order chi connectivity index (χ0) is 15.6. The van der Waals surface area contributed by atoms with Crippen LogP contribution in [-0.2, 0) is 4.74 Å². The van der Waals surface area contributed by atoms with Crippen molar-refractivity contribution in [2.45, 2.75) is 0 Å². The monoisotopic (exact) mass is 294 g/mol. The number of nitro benzene ring substituents is 2. The molecule has 0 spiro atoms. The van der Waals surface area contributed by atoms with Crippen molar-refractivity contribution >= 4 is 29.4 Å². The van der Waals surface area contributed by atoms with Crippen molar-refractivity contribution < 1.29 is 24.0 Å². The van der Waals surface area contributed by atoms with E-state index in [1.807, 2.05) is 0 Å². The Hall–Kier alpha value is -3.24. The van der Waals surface area contributed by atoms with Crippen LogP contribution in [0.3, 0.4) is 0 Å². The van der Waals surface area contributed by atoms with Crippen molar-refractivity contribution in [2.24, 2.45) is 10.2 Å². The normalized spacial score (nSPS) is 12.9. The van der Waals surface area contributed by atoms with Crippen molar-refractivity contribution in [1.29, 1.82) is 0 Å². The van der Waals surface area contributed by atoms with Crippen LogP contribution < -0.4 is 0 Å². The second-order valence-corrected chi connectivity index (χ2v) is 3.85. The molecule has 0 unspecified atom stereocenters. The summed E-state index contributed by atoms with van der Waals surface area (Å²) in [5.74, 6) is -0.910. The van der Waals surface area contributed by atoms with Gasteiger partial charge >= 0.3 is 23.7 Å². The number of hydrogen-bond donors (Lipinski definition) is 0. The van der Waals surface area contributed by atoms with Crippen molar-refractivity contribution in [1.82, 2.24) is 0 Å². The van der Waals surface area contributed by atoms with E-state index in [0.29, 0.717) is 0 Å². The highest BCUT2D eigenvalue weighted by Crippen LogP contribution is 2.38. The quantitative estimate of drug-likeness (QED) is 0.355. The maximum Gasteiger partial charge on any atom is 0.338 e. The molecule has 0 radical (unpaired) electrons. The Morgan fingerprint density at radius 1 is 1.29 bits per heavy atom. The fraction of sp³-hybridized carbons (Fsp3) is 0.200. The molecule has 0 atom stereocenters. The first-order valence-electron chi connectivity index (χ1n) is 5.47. The van der Waals surface area contributed by atoms with Crippen molar-refractivity contribution in [2.75, 3.05) is 13.8 Å². The third-order valence-corrected chi connectivity index (χ3v) is 2.66. The number of nitro groups is 2. The summed E-state index contributed by atoms with van der Waals surface area (Å²) in [5.41, 5.74) is -1.78. The minimum atomic E-state index is -0.910. The fourth-order valence-corrected chi connectivity index (χ4v) is 1.78. The Balaban J connectivity index is 2.74. The van der Waals surface area contributed by atoms with E-state index in [4.69, 9.17) is 0 Å². The summed E-state index contributed by atoms with van der Waals surface area (Å²) in [6.45, 7) is -0.0841. The minimum absolute atomic E-state index is 0.0841. The molecule has 11 heteroatoms. The molecule has 0 aromatic heterocycles. The lowest BCUT2D eigenvalue weighted by Crippen LogP contribution is -2.10. The first kappa shape index (κ1) is 14.2. The number of methoxy groups -OCH3 is 1. The molecular weight excluding hydrogens is 286 g/mol. The van der Waals surface area contributed by atoms with Gasteiger partial charge in [-0.15, -0.1) is 0 Å². The van der Waals surface area contributed by atoms with Gasteiger partial charge in [-0.3, -0.25) is 20.2 Å². The van der Waals surface area contributed by atoms with Crippen LogP contribution in [0, 0.1) is 20.2 Å². The SMILES string of the molecule is COC(=O)c1cc([N+](=O)[O-])c([N+]2=CN=NC2)c([N+](=O)[O-])c1. The van der Waals surface area contributed by atoms with Gasteiger partial charge < -0.3 is 4.74 Å². The largest absolute Gasteiger partial charge is 0.465 e. The van der Waals surface area contributed by atoms with Gasteiger partial charge in [0.25, 0.3) is 5.69 Å². The van der Waals surface area contributed by atoms with E-state index in [-0.39, 0.29) is 17.9 Å². The molecule has 1 aliphatic rings. The molecule has 0 N–H and O–H groups in total. The molecule has 1 heterocycles. The molecule has 1 aromatic carbocycles. The van der Waals surface area contributed by atoms with E-state index in [2.05, 4.69) is 15.0 Å². The molecule has 0 saturated carbocycles. The van der Waals surface area contributed by atoms with Crippen molar-refractivity contribution in [3.63, 3.8) is 0 Å². The number of rotatable bonds is 4. The molecule has 21 heavy (non-hydrogen) atoms. The van der Waals surface area contributed by atoms with Crippen LogP contribution in [-0.4, -0.2) is 40.5 Å². The standard InChI is InChI=1S/C10H8N5O6/c1-21-10(16)6-2-7(14(17)18)9(8(3-6)15(19)20)13-4-11-12-5-13/h2-4H,5H2,1H3/q+1. The first-order chi connectivity index (χ1) is 9.95. The van der Waals surface area contributed by atoms with Gasteiger partial charge in [-0.1, -0.05) is 0 Å². The van der Waals surface area contributed by atoms with Crippen LogP contribution in [0.25, 0.3) is 0 Å². The highest BCUT2D eigenvalue weighted by Gasteiger charge is 2.35. The average Bonchev–Trinajstić information content (AvgIpc) is 2.98. The average molecular weight is 294 g/mol. The number of ether oxygens (including phenoxy) is 1. The lowest BCUT2D eigenvalue weighted by Gasteiger charge is -2.05. The van der Waals surface area contributed by atoms with Crippen LogP contribution in [0.4, 0.5) is 17.1 Å². The predicted molar refractivity (Wildman–Crippen MR) is 66.8 cm³/mol. The number of azo groups is 1.